The lowest BCUT2D eigenvalue weighted by molar-refractivity contribution is -0.119. The van der Waals surface area contributed by atoms with Gasteiger partial charge >= 0.3 is 6.03 Å². The molecule has 3 rings (SSSR count). The van der Waals surface area contributed by atoms with Crippen molar-refractivity contribution in [3.63, 3.8) is 0 Å². The normalized spacial score (nSPS) is 11.7. The molecular weight excluding hydrogens is 448 g/mol. The molecule has 0 aliphatic carbocycles. The van der Waals surface area contributed by atoms with Gasteiger partial charge in [-0.25, -0.2) is 4.79 Å². The first-order valence-electron chi connectivity index (χ1n) is 11.3. The molecule has 0 saturated heterocycles. The average molecular weight is 481 g/mol. The average Bonchev–Trinajstić information content (AvgIpc) is 3.17. The van der Waals surface area contributed by atoms with E-state index in [1.165, 1.54) is 11.8 Å². The highest BCUT2D eigenvalue weighted by molar-refractivity contribution is 8.00. The summed E-state index contributed by atoms with van der Waals surface area (Å²) in [7, 11) is 1.87. The molecule has 1 unspecified atom stereocenters. The lowest BCUT2D eigenvalue weighted by Crippen LogP contribution is -2.39. The van der Waals surface area contributed by atoms with Crippen molar-refractivity contribution < 1.29 is 9.59 Å². The molecule has 0 aliphatic rings. The van der Waals surface area contributed by atoms with Gasteiger partial charge in [-0.2, -0.15) is 0 Å². The van der Waals surface area contributed by atoms with Crippen LogP contribution in [0.4, 0.5) is 16.2 Å². The predicted molar refractivity (Wildman–Crippen MR) is 138 cm³/mol. The van der Waals surface area contributed by atoms with Crippen molar-refractivity contribution in [3.05, 3.63) is 53.6 Å². The Labute approximate surface area is 205 Å². The van der Waals surface area contributed by atoms with E-state index in [9.17, 15) is 9.59 Å². The Morgan fingerprint density at radius 1 is 1.06 bits per heavy atom. The molecule has 34 heavy (non-hydrogen) atoms. The van der Waals surface area contributed by atoms with E-state index in [1.54, 1.807) is 6.92 Å². The summed E-state index contributed by atoms with van der Waals surface area (Å²) in [5, 5.41) is 13.8. The van der Waals surface area contributed by atoms with E-state index in [4.69, 9.17) is 0 Å². The molecule has 9 heteroatoms. The second-order valence-electron chi connectivity index (χ2n) is 8.11. The Hall–Kier alpha value is -3.33. The van der Waals surface area contributed by atoms with Crippen LogP contribution in [0.5, 0.6) is 0 Å². The van der Waals surface area contributed by atoms with E-state index in [2.05, 4.69) is 51.7 Å². The molecule has 1 heterocycles. The van der Waals surface area contributed by atoms with Gasteiger partial charge in [-0.05, 0) is 70.5 Å². The van der Waals surface area contributed by atoms with Crippen LogP contribution in [-0.4, -0.2) is 45.0 Å². The highest BCUT2D eigenvalue weighted by Crippen LogP contribution is 2.27. The number of urea groups is 1. The fourth-order valence-electron chi connectivity index (χ4n) is 3.61. The molecule has 3 aromatic rings. The molecule has 0 radical (unpaired) electrons. The maximum atomic E-state index is 12.6. The van der Waals surface area contributed by atoms with E-state index in [1.807, 2.05) is 55.8 Å². The molecule has 0 spiro atoms. The Morgan fingerprint density at radius 3 is 2.35 bits per heavy atom. The molecule has 8 nitrogen and oxygen atoms in total. The number of aromatic nitrogens is 3. The molecule has 3 amide bonds. The van der Waals surface area contributed by atoms with Gasteiger partial charge in [0.25, 0.3) is 0 Å². The van der Waals surface area contributed by atoms with E-state index < -0.39 is 17.2 Å². The third kappa shape index (κ3) is 5.96. The number of carbonyl (C=O) groups is 2. The van der Waals surface area contributed by atoms with Crippen LogP contribution >= 0.6 is 11.8 Å². The van der Waals surface area contributed by atoms with Crippen LogP contribution in [0.1, 0.15) is 31.9 Å². The number of benzene rings is 2. The van der Waals surface area contributed by atoms with Crippen LogP contribution in [0.2, 0.25) is 0 Å². The van der Waals surface area contributed by atoms with Crippen LogP contribution in [0.15, 0.2) is 47.6 Å². The molecule has 0 aliphatic heterocycles. The molecule has 0 saturated carbocycles. The summed E-state index contributed by atoms with van der Waals surface area (Å²) in [4.78, 5) is 27.2. The van der Waals surface area contributed by atoms with Gasteiger partial charge in [0, 0.05) is 37.1 Å². The first kappa shape index (κ1) is 25.3. The Kier molecular flexibility index (Phi) is 8.33. The number of aryl methyl sites for hydroxylation is 2. The molecule has 2 N–H and O–H groups in total. The monoisotopic (exact) mass is 480 g/mol. The van der Waals surface area contributed by atoms with Gasteiger partial charge in [0.15, 0.2) is 11.0 Å². The lowest BCUT2D eigenvalue weighted by atomic mass is 10.1. The van der Waals surface area contributed by atoms with E-state index in [-0.39, 0.29) is 0 Å². The van der Waals surface area contributed by atoms with Crippen LogP contribution in [0, 0.1) is 13.8 Å². The SMILES string of the molecule is CCN(CC)c1ccc(-c2nnc(SC(C)C(=O)NC(=O)Nc3ccc(C)cc3C)n2C)cc1. The number of carbonyl (C=O) groups excluding carboxylic acids is 2. The minimum atomic E-state index is -0.559. The van der Waals surface area contributed by atoms with Crippen molar-refractivity contribution in [1.82, 2.24) is 20.1 Å². The zero-order chi connectivity index (χ0) is 24.8. The van der Waals surface area contributed by atoms with Gasteiger partial charge in [-0.3, -0.25) is 10.1 Å². The van der Waals surface area contributed by atoms with Crippen molar-refractivity contribution in [2.24, 2.45) is 7.05 Å². The zero-order valence-electron chi connectivity index (χ0n) is 20.5. The number of thioether (sulfide) groups is 1. The molecule has 1 aromatic heterocycles. The first-order chi connectivity index (χ1) is 16.2. The van der Waals surface area contributed by atoms with Crippen LogP contribution in [-0.2, 0) is 11.8 Å². The quantitative estimate of drug-likeness (QED) is 0.451. The predicted octanol–water partition coefficient (Wildman–Crippen LogP) is 4.77. The van der Waals surface area contributed by atoms with Gasteiger partial charge in [0.2, 0.25) is 5.91 Å². The number of imide groups is 1. The van der Waals surface area contributed by atoms with Crippen molar-refractivity contribution >= 4 is 35.1 Å². The first-order valence-corrected chi connectivity index (χ1v) is 12.2. The van der Waals surface area contributed by atoms with Crippen molar-refractivity contribution in [2.45, 2.75) is 45.0 Å². The fourth-order valence-corrected chi connectivity index (χ4v) is 4.43. The van der Waals surface area contributed by atoms with Gasteiger partial charge in [-0.1, -0.05) is 29.5 Å². The summed E-state index contributed by atoms with van der Waals surface area (Å²) in [5.74, 6) is 0.314. The maximum Gasteiger partial charge on any atom is 0.325 e. The summed E-state index contributed by atoms with van der Waals surface area (Å²) >= 11 is 1.25. The van der Waals surface area contributed by atoms with Crippen LogP contribution in [0.25, 0.3) is 11.4 Å². The molecule has 0 fully saturated rings. The van der Waals surface area contributed by atoms with Gasteiger partial charge in [-0.15, -0.1) is 10.2 Å². The van der Waals surface area contributed by atoms with Crippen molar-refractivity contribution in [1.29, 1.82) is 0 Å². The highest BCUT2D eigenvalue weighted by Gasteiger charge is 2.21. The number of hydrogen-bond acceptors (Lipinski definition) is 6. The number of amides is 3. The van der Waals surface area contributed by atoms with Gasteiger partial charge in [0.05, 0.1) is 5.25 Å². The van der Waals surface area contributed by atoms with E-state index >= 15 is 0 Å². The smallest absolute Gasteiger partial charge is 0.325 e. The number of nitrogens with zero attached hydrogens (tertiary/aromatic N) is 4. The van der Waals surface area contributed by atoms with Crippen LogP contribution in [0.3, 0.4) is 0 Å². The third-order valence-electron chi connectivity index (χ3n) is 5.61. The van der Waals surface area contributed by atoms with Gasteiger partial charge in [0.1, 0.15) is 0 Å². The molecule has 2 aromatic carbocycles. The zero-order valence-corrected chi connectivity index (χ0v) is 21.4. The minimum absolute atomic E-state index is 0.402. The minimum Gasteiger partial charge on any atom is -0.372 e. The van der Waals surface area contributed by atoms with Crippen molar-refractivity contribution in [3.8, 4) is 11.4 Å². The van der Waals surface area contributed by atoms with Gasteiger partial charge < -0.3 is 14.8 Å². The van der Waals surface area contributed by atoms with Crippen LogP contribution < -0.4 is 15.5 Å². The molecule has 1 atom stereocenters. The number of hydrogen-bond donors (Lipinski definition) is 2. The largest absolute Gasteiger partial charge is 0.372 e. The highest BCUT2D eigenvalue weighted by atomic mass is 32.2. The standard InChI is InChI=1S/C25H32N6O2S/c1-7-31(8-2)20-12-10-19(11-13-20)22-28-29-25(30(22)6)34-18(5)23(32)27-24(33)26-21-14-9-16(3)15-17(21)4/h9-15,18H,7-8H2,1-6H3,(H2,26,27,32,33). The Balaban J connectivity index is 1.62. The third-order valence-corrected chi connectivity index (χ3v) is 6.74. The number of nitrogens with one attached hydrogen (secondary N) is 2. The van der Waals surface area contributed by atoms with E-state index in [0.717, 1.165) is 35.5 Å². The van der Waals surface area contributed by atoms with Crippen molar-refractivity contribution in [2.75, 3.05) is 23.3 Å². The second-order valence-corrected chi connectivity index (χ2v) is 9.41. The lowest BCUT2D eigenvalue weighted by Gasteiger charge is -2.21. The number of anilines is 2. The summed E-state index contributed by atoms with van der Waals surface area (Å²) in [6.07, 6.45) is 0. The molecule has 180 valence electrons. The molecule has 0 bridgehead atoms. The Morgan fingerprint density at radius 2 is 1.74 bits per heavy atom. The molecular formula is C25H32N6O2S. The van der Waals surface area contributed by atoms with E-state index in [0.29, 0.717) is 16.7 Å². The summed E-state index contributed by atoms with van der Waals surface area (Å²) in [6.45, 7) is 11.8. The fraction of sp³-hybridized carbons (Fsp3) is 0.360. The second kappa shape index (κ2) is 11.2. The topological polar surface area (TPSA) is 92.2 Å². The summed E-state index contributed by atoms with van der Waals surface area (Å²) in [5.41, 5.74) is 4.81. The summed E-state index contributed by atoms with van der Waals surface area (Å²) < 4.78 is 1.86. The number of rotatable bonds is 8. The summed E-state index contributed by atoms with van der Waals surface area (Å²) in [6, 6.07) is 13.4. The maximum absolute atomic E-state index is 12.6. The Bertz CT molecular complexity index is 1150.